The Bertz CT molecular complexity index is 2100. The van der Waals surface area contributed by atoms with E-state index in [9.17, 15) is 9.18 Å². The molecule has 0 aliphatic heterocycles. The molecule has 2 aromatic heterocycles. The quantitative estimate of drug-likeness (QED) is 0.116. The zero-order valence-electron chi connectivity index (χ0n) is 23.8. The van der Waals surface area contributed by atoms with Crippen molar-refractivity contribution < 1.29 is 18.3 Å². The molecule has 0 unspecified atom stereocenters. The summed E-state index contributed by atoms with van der Waals surface area (Å²) >= 11 is 6.19. The largest absolute Gasteiger partial charge is 0.490 e. The van der Waals surface area contributed by atoms with E-state index in [0.29, 0.717) is 62.9 Å². The monoisotopic (exact) mass is 607 g/mol. The van der Waals surface area contributed by atoms with Gasteiger partial charge in [0.25, 0.3) is 5.56 Å². The van der Waals surface area contributed by atoms with Gasteiger partial charge in [-0.3, -0.25) is 4.79 Å². The molecule has 2 heterocycles. The van der Waals surface area contributed by atoms with Crippen molar-refractivity contribution in [3.63, 3.8) is 0 Å². The Balaban J connectivity index is 1.44. The summed E-state index contributed by atoms with van der Waals surface area (Å²) in [4.78, 5) is 18.4. The van der Waals surface area contributed by atoms with Crippen LogP contribution in [0.4, 0.5) is 4.39 Å². The zero-order valence-corrected chi connectivity index (χ0v) is 24.6. The van der Waals surface area contributed by atoms with E-state index in [1.165, 1.54) is 10.7 Å². The lowest BCUT2D eigenvalue weighted by Gasteiger charge is -2.17. The molecule has 0 saturated carbocycles. The highest BCUT2D eigenvalue weighted by Crippen LogP contribution is 2.35. The molecule has 0 bridgehead atoms. The van der Waals surface area contributed by atoms with E-state index >= 15 is 0 Å². The molecule has 0 atom stereocenters. The molecule has 0 fully saturated rings. The van der Waals surface area contributed by atoms with Crippen LogP contribution in [0.3, 0.4) is 0 Å². The Morgan fingerprint density at radius 2 is 1.84 bits per heavy atom. The highest BCUT2D eigenvalue weighted by Gasteiger charge is 2.18. The van der Waals surface area contributed by atoms with E-state index in [1.807, 2.05) is 19.1 Å². The normalized spacial score (nSPS) is 11.4. The number of nitrogens with zero attached hydrogens (tertiary/aromatic N) is 3. The summed E-state index contributed by atoms with van der Waals surface area (Å²) in [7, 11) is 0. The van der Waals surface area contributed by atoms with Gasteiger partial charge in [0.2, 0.25) is 5.82 Å². The van der Waals surface area contributed by atoms with Crippen LogP contribution in [0.2, 0.25) is 5.02 Å². The second-order valence-electron chi connectivity index (χ2n) is 9.92. The van der Waals surface area contributed by atoms with Crippen molar-refractivity contribution in [3.8, 4) is 23.1 Å². The second kappa shape index (κ2) is 12.6. The first-order valence-corrected chi connectivity index (χ1v) is 14.4. The van der Waals surface area contributed by atoms with Gasteiger partial charge in [0.15, 0.2) is 17.3 Å². The molecule has 0 aliphatic carbocycles. The van der Waals surface area contributed by atoms with Crippen LogP contribution < -0.4 is 15.0 Å². The average Bonchev–Trinajstić information content (AvgIpc) is 3.44. The van der Waals surface area contributed by atoms with Gasteiger partial charge >= 0.3 is 0 Å². The van der Waals surface area contributed by atoms with Crippen molar-refractivity contribution in [2.75, 3.05) is 6.61 Å². The minimum absolute atomic E-state index is 0.0224. The lowest BCUT2D eigenvalue weighted by atomic mass is 10.1. The van der Waals surface area contributed by atoms with Crippen LogP contribution in [-0.2, 0) is 13.0 Å². The standard InChI is InChI=1S/C35H27ClFN3O4/c1-3-9-23-16-22(17-31(42-4-2)33(23)43-21-24-10-5-7-12-28(24)37)20-38-40-34(39-29-13-8-6-11-27(29)35(40)41)32-19-25-18-26(36)14-15-30(25)44-32/h3,5-8,10-20H,1,4,9,21H2,2H3. The maximum Gasteiger partial charge on any atom is 0.282 e. The highest BCUT2D eigenvalue weighted by atomic mass is 35.5. The fraction of sp³-hybridized carbons (Fsp3) is 0.114. The van der Waals surface area contributed by atoms with Crippen LogP contribution in [0.5, 0.6) is 11.5 Å². The minimum atomic E-state index is -0.360. The number of rotatable bonds is 10. The smallest absolute Gasteiger partial charge is 0.282 e. The molecule has 44 heavy (non-hydrogen) atoms. The number of hydrogen-bond acceptors (Lipinski definition) is 6. The summed E-state index contributed by atoms with van der Waals surface area (Å²) in [5.41, 5.74) is 2.59. The van der Waals surface area contributed by atoms with E-state index in [2.05, 4.69) is 11.7 Å². The number of furan rings is 1. The molecule has 0 saturated heterocycles. The fourth-order valence-electron chi connectivity index (χ4n) is 4.90. The summed E-state index contributed by atoms with van der Waals surface area (Å²) in [6.07, 6.45) is 3.75. The molecule has 9 heteroatoms. The summed E-state index contributed by atoms with van der Waals surface area (Å²) in [6.45, 7) is 6.13. The Kier molecular flexibility index (Phi) is 8.25. The Labute approximate surface area is 257 Å². The molecule has 6 aromatic rings. The van der Waals surface area contributed by atoms with Gasteiger partial charge in [0, 0.05) is 21.5 Å². The fourth-order valence-corrected chi connectivity index (χ4v) is 5.08. The van der Waals surface area contributed by atoms with Crippen LogP contribution in [0.15, 0.2) is 112 Å². The van der Waals surface area contributed by atoms with Gasteiger partial charge in [-0.25, -0.2) is 9.37 Å². The number of halogens is 2. The topological polar surface area (TPSA) is 78.9 Å². The van der Waals surface area contributed by atoms with Gasteiger partial charge in [0.1, 0.15) is 18.0 Å². The number of para-hydroxylation sites is 1. The van der Waals surface area contributed by atoms with Gasteiger partial charge in [-0.15, -0.1) is 6.58 Å². The molecule has 0 aliphatic rings. The summed E-state index contributed by atoms with van der Waals surface area (Å²) in [6, 6.07) is 24.2. The van der Waals surface area contributed by atoms with E-state index in [4.69, 9.17) is 30.5 Å². The van der Waals surface area contributed by atoms with E-state index < -0.39 is 0 Å². The molecule has 4 aromatic carbocycles. The van der Waals surface area contributed by atoms with Crippen molar-refractivity contribution in [3.05, 3.63) is 135 Å². The number of allylic oxidation sites excluding steroid dienone is 1. The van der Waals surface area contributed by atoms with E-state index in [1.54, 1.807) is 79.0 Å². The van der Waals surface area contributed by atoms with Crippen LogP contribution in [0.1, 0.15) is 23.6 Å². The highest BCUT2D eigenvalue weighted by molar-refractivity contribution is 6.31. The predicted molar refractivity (Wildman–Crippen MR) is 171 cm³/mol. The number of hydrogen-bond donors (Lipinski definition) is 0. The van der Waals surface area contributed by atoms with Crippen LogP contribution in [-0.4, -0.2) is 22.5 Å². The first-order valence-electron chi connectivity index (χ1n) is 14.0. The summed E-state index contributed by atoms with van der Waals surface area (Å²) in [5.74, 6) is 1.19. The summed E-state index contributed by atoms with van der Waals surface area (Å²) < 4.78 is 33.6. The third-order valence-electron chi connectivity index (χ3n) is 6.92. The molecule has 7 nitrogen and oxygen atoms in total. The Morgan fingerprint density at radius 3 is 2.66 bits per heavy atom. The van der Waals surface area contributed by atoms with Crippen molar-refractivity contribution >= 4 is 39.7 Å². The SMILES string of the molecule is C=CCc1cc(C=Nn2c(-c3cc4cc(Cl)ccc4o3)nc3ccccc3c2=O)cc(OCC)c1OCc1ccccc1F. The molecule has 0 radical (unpaired) electrons. The molecular weight excluding hydrogens is 581 g/mol. The van der Waals surface area contributed by atoms with Gasteiger partial charge in [-0.05, 0) is 73.5 Å². The first-order chi connectivity index (χ1) is 21.4. The molecule has 0 amide bonds. The average molecular weight is 608 g/mol. The number of ether oxygens (including phenoxy) is 2. The second-order valence-corrected chi connectivity index (χ2v) is 10.4. The van der Waals surface area contributed by atoms with Crippen molar-refractivity contribution in [1.82, 2.24) is 9.66 Å². The number of aromatic nitrogens is 2. The minimum Gasteiger partial charge on any atom is -0.490 e. The number of benzene rings is 4. The van der Waals surface area contributed by atoms with Gasteiger partial charge < -0.3 is 13.9 Å². The third kappa shape index (κ3) is 5.85. The third-order valence-corrected chi connectivity index (χ3v) is 7.16. The van der Waals surface area contributed by atoms with Crippen molar-refractivity contribution in [2.45, 2.75) is 20.0 Å². The lowest BCUT2D eigenvalue weighted by Crippen LogP contribution is -2.20. The Morgan fingerprint density at radius 1 is 1.02 bits per heavy atom. The van der Waals surface area contributed by atoms with Crippen LogP contribution in [0.25, 0.3) is 33.5 Å². The first kappa shape index (κ1) is 28.9. The predicted octanol–water partition coefficient (Wildman–Crippen LogP) is 8.19. The van der Waals surface area contributed by atoms with Gasteiger partial charge in [-0.2, -0.15) is 9.78 Å². The molecule has 220 valence electrons. The van der Waals surface area contributed by atoms with Crippen molar-refractivity contribution in [1.29, 1.82) is 0 Å². The summed E-state index contributed by atoms with van der Waals surface area (Å²) in [5, 5.41) is 6.33. The van der Waals surface area contributed by atoms with Crippen LogP contribution >= 0.6 is 11.6 Å². The van der Waals surface area contributed by atoms with Gasteiger partial charge in [-0.1, -0.05) is 48.0 Å². The van der Waals surface area contributed by atoms with E-state index in [-0.39, 0.29) is 23.8 Å². The zero-order chi connectivity index (χ0) is 30.6. The molecule has 6 rings (SSSR count). The molecular formula is C35H27ClFN3O4. The maximum atomic E-state index is 14.3. The van der Waals surface area contributed by atoms with E-state index in [0.717, 1.165) is 10.9 Å². The maximum absolute atomic E-state index is 14.3. The molecule has 0 N–H and O–H groups in total. The van der Waals surface area contributed by atoms with Gasteiger partial charge in [0.05, 0.1) is 23.7 Å². The molecule has 0 spiro atoms. The van der Waals surface area contributed by atoms with Crippen molar-refractivity contribution in [2.24, 2.45) is 5.10 Å². The Hall–Kier alpha value is -5.21. The van der Waals surface area contributed by atoms with Crippen LogP contribution in [0, 0.1) is 5.82 Å². The lowest BCUT2D eigenvalue weighted by molar-refractivity contribution is 0.263. The number of fused-ring (bicyclic) bond motifs is 2.